The zero-order valence-electron chi connectivity index (χ0n) is 17.9. The monoisotopic (exact) mass is 545 g/mol. The van der Waals surface area contributed by atoms with Crippen molar-refractivity contribution >= 4 is 55.5 Å². The molecule has 5 aromatic rings. The van der Waals surface area contributed by atoms with Gasteiger partial charge in [0.1, 0.15) is 17.1 Å². The fraction of sp³-hybridized carbons (Fsp3) is 0.0833. The summed E-state index contributed by atoms with van der Waals surface area (Å²) in [5, 5.41) is 0.635. The number of para-hydroxylation sites is 1. The minimum Gasteiger partial charge on any atom is -0.463 e. The molecule has 0 aliphatic rings. The number of rotatable bonds is 6. The first-order valence-electron chi connectivity index (χ1n) is 10.1. The molecular weight excluding hydrogens is 531 g/mol. The largest absolute Gasteiger partial charge is 0.463 e. The number of anilines is 2. The quantitative estimate of drug-likeness (QED) is 0.180. The average Bonchev–Trinajstić information content (AvgIpc) is 3.45. The second-order valence-electron chi connectivity index (χ2n) is 7.36. The number of hydrogen-bond acceptors (Lipinski definition) is 6. The maximum Gasteiger partial charge on any atom is 0.373 e. The van der Waals surface area contributed by atoms with Gasteiger partial charge in [-0.25, -0.2) is 14.2 Å². The average molecular weight is 546 g/mol. The van der Waals surface area contributed by atoms with Crippen LogP contribution in [-0.2, 0) is 4.74 Å². The van der Waals surface area contributed by atoms with Crippen molar-refractivity contribution in [2.45, 2.75) is 6.55 Å². The third-order valence-electron chi connectivity index (χ3n) is 5.15. The summed E-state index contributed by atoms with van der Waals surface area (Å²) < 4.78 is 58.1. The Balaban J connectivity index is 1.44. The number of ether oxygens (including phenoxy) is 2. The zero-order chi connectivity index (χ0) is 24.7. The summed E-state index contributed by atoms with van der Waals surface area (Å²) in [6.07, 6.45) is 0. The number of benzene rings is 3. The van der Waals surface area contributed by atoms with Crippen LogP contribution < -0.4 is 9.64 Å². The Morgan fingerprint density at radius 3 is 2.63 bits per heavy atom. The standard InChI is InChI=1S/C24H15BrF3N3O4/c1-33-22(32)19-9-12-3-2-4-18(21(12)35-19)34-15-7-5-14(6-8-15)31(23(27)28)24-29-17-11-13(26)10-16(25)20(17)30-24/h2-11,23H,1H3,(H,29,30). The van der Waals surface area contributed by atoms with Crippen molar-refractivity contribution in [3.63, 3.8) is 0 Å². The highest BCUT2D eigenvalue weighted by Crippen LogP contribution is 2.35. The van der Waals surface area contributed by atoms with Gasteiger partial charge in [-0.15, -0.1) is 0 Å². The molecule has 0 aliphatic heterocycles. The van der Waals surface area contributed by atoms with Crippen LogP contribution in [0.2, 0.25) is 0 Å². The maximum atomic E-state index is 14.0. The molecule has 1 N–H and O–H groups in total. The third-order valence-corrected chi connectivity index (χ3v) is 5.76. The Kier molecular flexibility index (Phi) is 5.85. The lowest BCUT2D eigenvalue weighted by Crippen LogP contribution is -2.24. The molecule has 0 saturated heterocycles. The van der Waals surface area contributed by atoms with Crippen molar-refractivity contribution in [3.8, 4) is 11.5 Å². The van der Waals surface area contributed by atoms with Crippen molar-refractivity contribution in [2.24, 2.45) is 0 Å². The highest BCUT2D eigenvalue weighted by atomic mass is 79.9. The molecule has 0 saturated carbocycles. The van der Waals surface area contributed by atoms with Crippen LogP contribution in [0.3, 0.4) is 0 Å². The minimum atomic E-state index is -2.93. The molecule has 0 aliphatic carbocycles. The molecule has 2 aromatic heterocycles. The van der Waals surface area contributed by atoms with E-state index >= 15 is 0 Å². The van der Waals surface area contributed by atoms with Crippen LogP contribution in [0.25, 0.3) is 22.0 Å². The van der Waals surface area contributed by atoms with Crippen molar-refractivity contribution in [2.75, 3.05) is 12.0 Å². The Hall–Kier alpha value is -3.99. The van der Waals surface area contributed by atoms with Gasteiger partial charge in [-0.1, -0.05) is 12.1 Å². The first kappa shape index (κ1) is 22.8. The Labute approximate surface area is 204 Å². The SMILES string of the molecule is COC(=O)c1cc2cccc(Oc3ccc(N(c4nc5c(Br)cc(F)cc5[nH]4)C(F)F)cc3)c2o1. The third kappa shape index (κ3) is 4.30. The molecule has 0 bridgehead atoms. The number of esters is 1. The van der Waals surface area contributed by atoms with Gasteiger partial charge < -0.3 is 18.9 Å². The summed E-state index contributed by atoms with van der Waals surface area (Å²) in [5.41, 5.74) is 1.07. The lowest BCUT2D eigenvalue weighted by atomic mass is 10.2. The normalized spacial score (nSPS) is 11.4. The number of halogens is 4. The molecular formula is C24H15BrF3N3O4. The molecule has 7 nitrogen and oxygen atoms in total. The van der Waals surface area contributed by atoms with Crippen molar-refractivity contribution in [1.82, 2.24) is 9.97 Å². The number of nitrogens with zero attached hydrogens (tertiary/aromatic N) is 2. The molecule has 0 fully saturated rings. The Morgan fingerprint density at radius 2 is 1.91 bits per heavy atom. The summed E-state index contributed by atoms with van der Waals surface area (Å²) in [7, 11) is 1.25. The summed E-state index contributed by atoms with van der Waals surface area (Å²) >= 11 is 3.20. The lowest BCUT2D eigenvalue weighted by molar-refractivity contribution is 0.0567. The number of aromatic nitrogens is 2. The van der Waals surface area contributed by atoms with E-state index in [0.717, 1.165) is 0 Å². The van der Waals surface area contributed by atoms with E-state index in [1.807, 2.05) is 0 Å². The number of hydrogen-bond donors (Lipinski definition) is 1. The van der Waals surface area contributed by atoms with Gasteiger partial charge in [0.15, 0.2) is 11.3 Å². The Morgan fingerprint density at radius 1 is 1.14 bits per heavy atom. The zero-order valence-corrected chi connectivity index (χ0v) is 19.5. The number of aromatic amines is 1. The van der Waals surface area contributed by atoms with Crippen molar-refractivity contribution in [3.05, 3.63) is 76.7 Å². The van der Waals surface area contributed by atoms with Gasteiger partial charge in [0, 0.05) is 15.5 Å². The smallest absolute Gasteiger partial charge is 0.373 e. The summed E-state index contributed by atoms with van der Waals surface area (Å²) in [5.74, 6) is -0.593. The van der Waals surface area contributed by atoms with Crippen LogP contribution in [0.15, 0.2) is 69.6 Å². The van der Waals surface area contributed by atoms with E-state index < -0.39 is 18.3 Å². The van der Waals surface area contributed by atoms with E-state index in [1.165, 1.54) is 49.6 Å². The number of fused-ring (bicyclic) bond motifs is 2. The van der Waals surface area contributed by atoms with Gasteiger partial charge in [0.05, 0.1) is 12.6 Å². The summed E-state index contributed by atoms with van der Waals surface area (Å²) in [6, 6.07) is 14.9. The predicted molar refractivity (Wildman–Crippen MR) is 126 cm³/mol. The van der Waals surface area contributed by atoms with Crippen LogP contribution in [-0.4, -0.2) is 29.6 Å². The fourth-order valence-corrected chi connectivity index (χ4v) is 4.11. The topological polar surface area (TPSA) is 80.6 Å². The molecule has 11 heteroatoms. The Bertz CT molecular complexity index is 1550. The minimum absolute atomic E-state index is 0.0267. The van der Waals surface area contributed by atoms with Crippen LogP contribution in [0, 0.1) is 5.82 Å². The fourth-order valence-electron chi connectivity index (χ4n) is 3.59. The van der Waals surface area contributed by atoms with Crippen LogP contribution in [0.5, 0.6) is 11.5 Å². The van der Waals surface area contributed by atoms with Crippen LogP contribution in [0.4, 0.5) is 24.8 Å². The second kappa shape index (κ2) is 8.99. The van der Waals surface area contributed by atoms with Gasteiger partial charge in [-0.2, -0.15) is 8.78 Å². The highest BCUT2D eigenvalue weighted by Gasteiger charge is 2.24. The van der Waals surface area contributed by atoms with Gasteiger partial charge in [-0.3, -0.25) is 4.90 Å². The van der Waals surface area contributed by atoms with Crippen LogP contribution >= 0.6 is 15.9 Å². The summed E-state index contributed by atoms with van der Waals surface area (Å²) in [6.45, 7) is -2.93. The first-order chi connectivity index (χ1) is 16.8. The molecule has 5 rings (SSSR count). The number of carbonyl (C=O) groups is 1. The molecule has 35 heavy (non-hydrogen) atoms. The van der Waals surface area contributed by atoms with E-state index in [-0.39, 0.29) is 22.9 Å². The first-order valence-corrected chi connectivity index (χ1v) is 10.9. The number of nitrogens with one attached hydrogen (secondary N) is 1. The van der Waals surface area contributed by atoms with Crippen molar-refractivity contribution < 1.29 is 31.9 Å². The number of H-pyrrole nitrogens is 1. The van der Waals surface area contributed by atoms with Gasteiger partial charge >= 0.3 is 12.5 Å². The van der Waals surface area contributed by atoms with Crippen LogP contribution in [0.1, 0.15) is 10.6 Å². The number of furan rings is 1. The molecule has 0 radical (unpaired) electrons. The van der Waals surface area contributed by atoms with Crippen molar-refractivity contribution in [1.29, 1.82) is 0 Å². The van der Waals surface area contributed by atoms with Gasteiger partial charge in [0.2, 0.25) is 11.7 Å². The molecule has 0 atom stereocenters. The second-order valence-corrected chi connectivity index (χ2v) is 8.22. The molecule has 178 valence electrons. The molecule has 3 aromatic carbocycles. The highest BCUT2D eigenvalue weighted by molar-refractivity contribution is 9.10. The van der Waals surface area contributed by atoms with E-state index in [2.05, 4.69) is 30.6 Å². The number of imidazole rings is 1. The predicted octanol–water partition coefficient (Wildman–Crippen LogP) is 7.15. The molecule has 0 spiro atoms. The lowest BCUT2D eigenvalue weighted by Gasteiger charge is -2.21. The number of alkyl halides is 2. The van der Waals surface area contributed by atoms with E-state index in [4.69, 9.17) is 9.15 Å². The number of methoxy groups -OCH3 is 1. The van der Waals surface area contributed by atoms with Gasteiger partial charge in [-0.05, 0) is 64.5 Å². The molecule has 0 unspecified atom stereocenters. The summed E-state index contributed by atoms with van der Waals surface area (Å²) in [4.78, 5) is 19.4. The van der Waals surface area contributed by atoms with Gasteiger partial charge in [0.25, 0.3) is 0 Å². The maximum absolute atomic E-state index is 14.0. The molecule has 2 heterocycles. The number of carbonyl (C=O) groups excluding carboxylic acids is 1. The molecule has 0 amide bonds. The van der Waals surface area contributed by atoms with E-state index in [9.17, 15) is 18.0 Å². The van der Waals surface area contributed by atoms with E-state index in [0.29, 0.717) is 37.4 Å². The van der Waals surface area contributed by atoms with E-state index in [1.54, 1.807) is 18.2 Å².